The quantitative estimate of drug-likeness (QED) is 0.0251. The van der Waals surface area contributed by atoms with Crippen molar-refractivity contribution in [3.05, 3.63) is 144 Å². The summed E-state index contributed by atoms with van der Waals surface area (Å²) < 4.78 is 22.5. The van der Waals surface area contributed by atoms with Crippen molar-refractivity contribution >= 4 is 14.2 Å². The third-order valence-corrected chi connectivity index (χ3v) is 21.8. The Morgan fingerprint density at radius 3 is 0.826 bits per heavy atom. The summed E-state index contributed by atoms with van der Waals surface area (Å²) in [5.41, 5.74) is 5.50. The molecule has 4 aromatic rings. The van der Waals surface area contributed by atoms with Crippen molar-refractivity contribution in [1.29, 1.82) is 0 Å². The van der Waals surface area contributed by atoms with E-state index >= 15 is 0 Å². The number of hydrogen-bond acceptors (Lipinski definition) is 3. The van der Waals surface area contributed by atoms with E-state index in [-0.39, 0.29) is 0 Å². The molecule has 0 aliphatic heterocycles. The summed E-state index contributed by atoms with van der Waals surface area (Å²) in [6, 6.07) is 44.4. The van der Waals surface area contributed by atoms with Crippen LogP contribution in [-0.4, -0.2) is 45.2 Å². The van der Waals surface area contributed by atoms with Gasteiger partial charge >= 0.3 is 429 Å². The van der Waals surface area contributed by atoms with E-state index < -0.39 is 14.2 Å². The van der Waals surface area contributed by atoms with Crippen LogP contribution >= 0.6 is 6.83 Å². The first kappa shape index (κ1) is 58.8. The van der Waals surface area contributed by atoms with Gasteiger partial charge in [-0.25, -0.2) is 0 Å². The van der Waals surface area contributed by atoms with E-state index in [0.29, 0.717) is 25.0 Å². The van der Waals surface area contributed by atoms with Gasteiger partial charge in [-0.15, -0.1) is 0 Å². The molecule has 0 radical (unpaired) electrons. The van der Waals surface area contributed by atoms with Crippen molar-refractivity contribution < 1.29 is 13.7 Å². The zero-order chi connectivity index (χ0) is 48.8. The van der Waals surface area contributed by atoms with Crippen LogP contribution in [0.2, 0.25) is 0 Å². The van der Waals surface area contributed by atoms with Gasteiger partial charge in [0, 0.05) is 0 Å². The molecule has 0 heterocycles. The molecule has 4 aromatic carbocycles. The van der Waals surface area contributed by atoms with Gasteiger partial charge in [0.2, 0.25) is 0 Å². The van der Waals surface area contributed by atoms with Gasteiger partial charge in [0.05, 0.1) is 0 Å². The molecule has 0 unspecified atom stereocenters. The molecule has 0 N–H and O–H groups in total. The minimum absolute atomic E-state index is 0.323. The average Bonchev–Trinajstić information content (AvgIpc) is 3.39. The standard InChI is InChI=1S/C64H102BO3P/c1-5-9-13-17-21-37-55-69(56-38-22-18-14-10-6-2,57-39-23-19-15-11-7-3,58-40-24-20-16-12-8-4)68-65(66-53-41-51-63(59-43-29-25-30-44-59)60-45-31-26-32-46-60)67-54-42-52-64(61-47-33-27-34-48-61)62-49-35-28-36-50-62/h25-36,43-50,63-64H,5-24,37-42,51-58H2,1-4H3. The van der Waals surface area contributed by atoms with Crippen LogP contribution in [0.1, 0.15) is 242 Å². The molecule has 5 heteroatoms. The van der Waals surface area contributed by atoms with Gasteiger partial charge in [-0.1, -0.05) is 0 Å². The molecule has 4 rings (SSSR count). The van der Waals surface area contributed by atoms with Crippen LogP contribution in [0.3, 0.4) is 0 Å². The molecule has 0 bridgehead atoms. The Kier molecular flexibility index (Phi) is 31.6. The van der Waals surface area contributed by atoms with Gasteiger partial charge in [-0.2, -0.15) is 0 Å². The predicted molar refractivity (Wildman–Crippen MR) is 307 cm³/mol. The van der Waals surface area contributed by atoms with E-state index in [4.69, 9.17) is 13.7 Å². The Bertz CT molecular complexity index is 1510. The van der Waals surface area contributed by atoms with E-state index in [9.17, 15) is 0 Å². The number of hydrogen-bond donors (Lipinski definition) is 0. The van der Waals surface area contributed by atoms with Crippen LogP contribution in [0, 0.1) is 0 Å². The second kappa shape index (κ2) is 37.1. The summed E-state index contributed by atoms with van der Waals surface area (Å²) >= 11 is 0. The molecule has 0 saturated carbocycles. The summed E-state index contributed by atoms with van der Waals surface area (Å²) in [7, 11) is -0.637. The summed E-state index contributed by atoms with van der Waals surface area (Å²) in [6.45, 7) is 7.80. The molecule has 69 heavy (non-hydrogen) atoms. The molecular formula is C64H102BO3P. The third kappa shape index (κ3) is 23.6. The van der Waals surface area contributed by atoms with Gasteiger partial charge in [0.1, 0.15) is 0 Å². The zero-order valence-electron chi connectivity index (χ0n) is 45.0. The van der Waals surface area contributed by atoms with E-state index in [1.165, 1.54) is 201 Å². The first-order chi connectivity index (χ1) is 34.1. The van der Waals surface area contributed by atoms with Crippen LogP contribution < -0.4 is 0 Å². The van der Waals surface area contributed by atoms with Gasteiger partial charge in [-0.3, -0.25) is 0 Å². The number of unbranched alkanes of at least 4 members (excludes halogenated alkanes) is 20. The summed E-state index contributed by atoms with van der Waals surface area (Å²) in [4.78, 5) is 0. The van der Waals surface area contributed by atoms with Crippen LogP contribution in [0.25, 0.3) is 0 Å². The van der Waals surface area contributed by atoms with E-state index in [1.807, 2.05) is 0 Å². The molecule has 3 nitrogen and oxygen atoms in total. The predicted octanol–water partition coefficient (Wildman–Crippen LogP) is 20.2. The Hall–Kier alpha value is -2.75. The summed E-state index contributed by atoms with van der Waals surface area (Å²) in [6.07, 6.45) is 40.7. The van der Waals surface area contributed by atoms with Crippen molar-refractivity contribution in [2.24, 2.45) is 0 Å². The van der Waals surface area contributed by atoms with Gasteiger partial charge in [-0.05, 0) is 0 Å². The summed E-state index contributed by atoms with van der Waals surface area (Å²) in [5, 5.41) is 0. The second-order valence-corrected chi connectivity index (χ2v) is 26.7. The fourth-order valence-corrected chi connectivity index (χ4v) is 17.6. The topological polar surface area (TPSA) is 27.7 Å². The molecule has 0 fully saturated rings. The van der Waals surface area contributed by atoms with Crippen LogP contribution in [-0.2, 0) is 13.7 Å². The zero-order valence-corrected chi connectivity index (χ0v) is 45.9. The monoisotopic (exact) mass is 961 g/mol. The molecule has 0 atom stereocenters. The van der Waals surface area contributed by atoms with Crippen LogP contribution in [0.5, 0.6) is 0 Å². The molecule has 0 aliphatic rings. The van der Waals surface area contributed by atoms with Crippen LogP contribution in [0.4, 0.5) is 0 Å². The van der Waals surface area contributed by atoms with Crippen molar-refractivity contribution in [3.63, 3.8) is 0 Å². The molecule has 0 aliphatic carbocycles. The van der Waals surface area contributed by atoms with Crippen molar-refractivity contribution in [2.45, 2.75) is 219 Å². The Morgan fingerprint density at radius 2 is 0.565 bits per heavy atom. The van der Waals surface area contributed by atoms with E-state index in [2.05, 4.69) is 149 Å². The maximum atomic E-state index is 8.18. The average molecular weight is 961 g/mol. The Labute approximate surface area is 426 Å². The minimum atomic E-state index is -2.83. The molecule has 0 saturated heterocycles. The maximum absolute atomic E-state index is 8.18. The number of benzene rings is 4. The molecule has 0 aromatic heterocycles. The molecule has 0 amide bonds. The fourth-order valence-electron chi connectivity index (χ4n) is 11.1. The van der Waals surface area contributed by atoms with Crippen LogP contribution in [0.15, 0.2) is 121 Å². The second-order valence-electron chi connectivity index (χ2n) is 21.0. The van der Waals surface area contributed by atoms with Gasteiger partial charge in [0.15, 0.2) is 0 Å². The Morgan fingerprint density at radius 1 is 0.319 bits per heavy atom. The number of rotatable bonds is 44. The Balaban J connectivity index is 1.68. The van der Waals surface area contributed by atoms with E-state index in [1.54, 1.807) is 0 Å². The fraction of sp³-hybridized carbons (Fsp3) is 0.625. The van der Waals surface area contributed by atoms with Crippen molar-refractivity contribution in [1.82, 2.24) is 0 Å². The molecule has 0 spiro atoms. The SMILES string of the molecule is CCCCCCCCP(CCCCCCCC)(CCCCCCCC)(CCCCCCCC)OB(OCCCC(c1ccccc1)c1ccccc1)OCCCC(c1ccccc1)c1ccccc1. The van der Waals surface area contributed by atoms with Gasteiger partial charge < -0.3 is 0 Å². The van der Waals surface area contributed by atoms with Gasteiger partial charge in [0.25, 0.3) is 0 Å². The first-order valence-electron chi connectivity index (χ1n) is 29.2. The summed E-state index contributed by atoms with van der Waals surface area (Å²) in [5.74, 6) is 0.647. The third-order valence-electron chi connectivity index (χ3n) is 15.3. The van der Waals surface area contributed by atoms with Crippen molar-refractivity contribution in [2.75, 3.05) is 37.9 Å². The van der Waals surface area contributed by atoms with Crippen molar-refractivity contribution in [3.8, 4) is 0 Å². The molecular weight excluding hydrogens is 858 g/mol. The van der Waals surface area contributed by atoms with E-state index in [0.717, 1.165) is 25.7 Å². The molecule has 384 valence electrons. The first-order valence-corrected chi connectivity index (χ1v) is 32.1. The normalized spacial score (nSPS) is 12.5.